The summed E-state index contributed by atoms with van der Waals surface area (Å²) in [6, 6.07) is 10.9. The second kappa shape index (κ2) is 11.1. The summed E-state index contributed by atoms with van der Waals surface area (Å²) in [4.78, 5) is 15.4. The number of phenols is 2. The molecule has 4 rings (SSSR count). The first kappa shape index (κ1) is 25.7. The number of hydrogen-bond donors (Lipinski definition) is 3. The SMILES string of the molecule is CC(C)CNC(=O)c1nnc(-c2cc(C(C)C)c(O)cc2O)n1-c1ccc(CN2CCOCC2)cc1. The smallest absolute Gasteiger partial charge is 0.289 e. The molecule has 2 aromatic carbocycles. The number of carbonyl (C=O) groups is 1. The van der Waals surface area contributed by atoms with Crippen LogP contribution in [-0.2, 0) is 11.3 Å². The summed E-state index contributed by atoms with van der Waals surface area (Å²) in [5.74, 6) is 0.286. The number of aromatic nitrogens is 3. The number of amides is 1. The van der Waals surface area contributed by atoms with Crippen molar-refractivity contribution >= 4 is 5.91 Å². The average Bonchev–Trinajstić information content (AvgIpc) is 3.28. The number of benzene rings is 2. The lowest BCUT2D eigenvalue weighted by molar-refractivity contribution is 0.0342. The van der Waals surface area contributed by atoms with Crippen LogP contribution in [-0.4, -0.2) is 68.6 Å². The van der Waals surface area contributed by atoms with Crippen LogP contribution in [0.2, 0.25) is 0 Å². The van der Waals surface area contributed by atoms with Crippen molar-refractivity contribution < 1.29 is 19.7 Å². The van der Waals surface area contributed by atoms with Crippen LogP contribution in [0.1, 0.15) is 55.4 Å². The standard InChI is InChI=1S/C27H35N5O4/c1-17(2)15-28-27(35)26-30-29-25(22-13-21(18(3)4)23(33)14-24(22)34)32(26)20-7-5-19(6-8-20)16-31-9-11-36-12-10-31/h5-8,13-14,17-18,33-34H,9-12,15-16H2,1-4H3,(H,28,35). The fourth-order valence-corrected chi connectivity index (χ4v) is 4.23. The topological polar surface area (TPSA) is 113 Å². The first-order valence-corrected chi connectivity index (χ1v) is 12.4. The van der Waals surface area contributed by atoms with Gasteiger partial charge in [-0.1, -0.05) is 39.8 Å². The molecule has 0 saturated carbocycles. The summed E-state index contributed by atoms with van der Waals surface area (Å²) in [6.07, 6.45) is 0. The normalized spacial score (nSPS) is 14.5. The second-order valence-corrected chi connectivity index (χ2v) is 9.92. The fraction of sp³-hybridized carbons (Fsp3) is 0.444. The molecule has 2 heterocycles. The third kappa shape index (κ3) is 5.68. The van der Waals surface area contributed by atoms with Crippen LogP contribution >= 0.6 is 0 Å². The minimum Gasteiger partial charge on any atom is -0.508 e. The minimum atomic E-state index is -0.345. The molecule has 1 amide bonds. The summed E-state index contributed by atoms with van der Waals surface area (Å²) in [7, 11) is 0. The number of aromatic hydroxyl groups is 2. The zero-order valence-corrected chi connectivity index (χ0v) is 21.4. The fourth-order valence-electron chi connectivity index (χ4n) is 4.23. The Labute approximate surface area is 211 Å². The Bertz CT molecular complexity index is 1200. The van der Waals surface area contributed by atoms with E-state index in [-0.39, 0.29) is 35.1 Å². The van der Waals surface area contributed by atoms with Crippen molar-refractivity contribution in [3.8, 4) is 28.6 Å². The van der Waals surface area contributed by atoms with Crippen LogP contribution in [0.5, 0.6) is 11.5 Å². The molecule has 9 nitrogen and oxygen atoms in total. The van der Waals surface area contributed by atoms with Gasteiger partial charge in [-0.2, -0.15) is 0 Å². The van der Waals surface area contributed by atoms with Crippen molar-refractivity contribution in [3.05, 3.63) is 53.3 Å². The molecule has 36 heavy (non-hydrogen) atoms. The Morgan fingerprint density at radius 1 is 1.03 bits per heavy atom. The Balaban J connectivity index is 1.75. The quantitative estimate of drug-likeness (QED) is 0.439. The third-order valence-corrected chi connectivity index (χ3v) is 6.25. The van der Waals surface area contributed by atoms with Crippen LogP contribution in [0.4, 0.5) is 0 Å². The summed E-state index contributed by atoms with van der Waals surface area (Å²) >= 11 is 0. The van der Waals surface area contributed by atoms with Crippen molar-refractivity contribution in [2.24, 2.45) is 5.92 Å². The van der Waals surface area contributed by atoms with Crippen LogP contribution in [0.25, 0.3) is 17.1 Å². The van der Waals surface area contributed by atoms with E-state index in [4.69, 9.17) is 4.74 Å². The molecule has 0 atom stereocenters. The van der Waals surface area contributed by atoms with E-state index in [1.165, 1.54) is 6.07 Å². The Morgan fingerprint density at radius 3 is 2.36 bits per heavy atom. The highest BCUT2D eigenvalue weighted by molar-refractivity contribution is 5.92. The summed E-state index contributed by atoms with van der Waals surface area (Å²) < 4.78 is 7.10. The molecule has 0 spiro atoms. The van der Waals surface area contributed by atoms with Gasteiger partial charge in [0, 0.05) is 37.9 Å². The van der Waals surface area contributed by atoms with Gasteiger partial charge in [0.1, 0.15) is 11.5 Å². The molecule has 1 fully saturated rings. The van der Waals surface area contributed by atoms with Crippen LogP contribution < -0.4 is 5.32 Å². The molecule has 0 radical (unpaired) electrons. The van der Waals surface area contributed by atoms with E-state index in [9.17, 15) is 15.0 Å². The second-order valence-electron chi connectivity index (χ2n) is 9.92. The van der Waals surface area contributed by atoms with E-state index >= 15 is 0 Å². The van der Waals surface area contributed by atoms with E-state index in [0.717, 1.165) is 38.4 Å². The Hall–Kier alpha value is -3.43. The van der Waals surface area contributed by atoms with Crippen molar-refractivity contribution in [1.29, 1.82) is 0 Å². The van der Waals surface area contributed by atoms with E-state index < -0.39 is 0 Å². The molecule has 1 saturated heterocycles. The average molecular weight is 494 g/mol. The lowest BCUT2D eigenvalue weighted by Crippen LogP contribution is -2.35. The van der Waals surface area contributed by atoms with Gasteiger partial charge in [-0.05, 0) is 41.2 Å². The molecule has 9 heteroatoms. The lowest BCUT2D eigenvalue weighted by Gasteiger charge is -2.26. The molecule has 1 aliphatic heterocycles. The number of morpholine rings is 1. The molecule has 3 N–H and O–H groups in total. The molecule has 0 bridgehead atoms. The Kier molecular flexibility index (Phi) is 7.91. The van der Waals surface area contributed by atoms with Crippen LogP contribution in [0.15, 0.2) is 36.4 Å². The minimum absolute atomic E-state index is 0.0136. The highest BCUT2D eigenvalue weighted by Crippen LogP contribution is 2.38. The van der Waals surface area contributed by atoms with E-state index in [1.807, 2.05) is 52.0 Å². The van der Waals surface area contributed by atoms with E-state index in [0.29, 0.717) is 29.2 Å². The first-order valence-electron chi connectivity index (χ1n) is 12.4. The molecular formula is C27H35N5O4. The number of rotatable bonds is 8. The lowest BCUT2D eigenvalue weighted by atomic mass is 9.98. The summed E-state index contributed by atoms with van der Waals surface area (Å²) in [5, 5.41) is 32.5. The Morgan fingerprint density at radius 2 is 1.72 bits per heavy atom. The van der Waals surface area contributed by atoms with Crippen molar-refractivity contribution in [3.63, 3.8) is 0 Å². The van der Waals surface area contributed by atoms with Gasteiger partial charge in [0.25, 0.3) is 5.91 Å². The number of carbonyl (C=O) groups excluding carboxylic acids is 1. The number of nitrogens with one attached hydrogen (secondary N) is 1. The molecule has 1 aliphatic rings. The summed E-state index contributed by atoms with van der Waals surface area (Å²) in [6.45, 7) is 12.6. The van der Waals surface area contributed by atoms with Crippen LogP contribution in [0.3, 0.4) is 0 Å². The maximum Gasteiger partial charge on any atom is 0.289 e. The maximum absolute atomic E-state index is 13.1. The molecule has 0 unspecified atom stereocenters. The zero-order valence-electron chi connectivity index (χ0n) is 21.4. The van der Waals surface area contributed by atoms with Crippen molar-refractivity contribution in [2.45, 2.75) is 40.2 Å². The summed E-state index contributed by atoms with van der Waals surface area (Å²) in [5.41, 5.74) is 2.91. The maximum atomic E-state index is 13.1. The monoisotopic (exact) mass is 493 g/mol. The largest absolute Gasteiger partial charge is 0.508 e. The molecule has 3 aromatic rings. The first-order chi connectivity index (χ1) is 17.2. The molecule has 0 aliphatic carbocycles. The third-order valence-electron chi connectivity index (χ3n) is 6.25. The van der Waals surface area contributed by atoms with Crippen LogP contribution in [0, 0.1) is 5.92 Å². The number of phenolic OH excluding ortho intramolecular Hbond substituents is 2. The van der Waals surface area contributed by atoms with Crippen molar-refractivity contribution in [1.82, 2.24) is 25.0 Å². The highest BCUT2D eigenvalue weighted by atomic mass is 16.5. The van der Waals surface area contributed by atoms with Gasteiger partial charge < -0.3 is 20.3 Å². The molecular weight excluding hydrogens is 458 g/mol. The van der Waals surface area contributed by atoms with Gasteiger partial charge in [0.2, 0.25) is 5.82 Å². The highest BCUT2D eigenvalue weighted by Gasteiger charge is 2.24. The number of hydrogen-bond acceptors (Lipinski definition) is 7. The van der Waals surface area contributed by atoms with Gasteiger partial charge in [-0.3, -0.25) is 14.3 Å². The zero-order chi connectivity index (χ0) is 25.8. The van der Waals surface area contributed by atoms with Gasteiger partial charge >= 0.3 is 0 Å². The molecule has 1 aromatic heterocycles. The van der Waals surface area contributed by atoms with Gasteiger partial charge in [0.15, 0.2) is 5.82 Å². The van der Waals surface area contributed by atoms with Crippen molar-refractivity contribution in [2.75, 3.05) is 32.8 Å². The van der Waals surface area contributed by atoms with Gasteiger partial charge in [-0.25, -0.2) is 0 Å². The van der Waals surface area contributed by atoms with Gasteiger partial charge in [-0.15, -0.1) is 10.2 Å². The van der Waals surface area contributed by atoms with E-state index in [2.05, 4.69) is 20.4 Å². The predicted octanol–water partition coefficient (Wildman–Crippen LogP) is 3.69. The van der Waals surface area contributed by atoms with Gasteiger partial charge in [0.05, 0.1) is 18.8 Å². The number of ether oxygens (including phenoxy) is 1. The molecule has 192 valence electrons. The van der Waals surface area contributed by atoms with E-state index in [1.54, 1.807) is 10.6 Å². The predicted molar refractivity (Wildman–Crippen MR) is 137 cm³/mol. The number of nitrogens with zero attached hydrogens (tertiary/aromatic N) is 4.